The molecule has 1 amide bonds. The summed E-state index contributed by atoms with van der Waals surface area (Å²) in [7, 11) is 0. The summed E-state index contributed by atoms with van der Waals surface area (Å²) in [6, 6.07) is 14.9. The van der Waals surface area contributed by atoms with Crippen molar-refractivity contribution in [3.05, 3.63) is 65.0 Å². The van der Waals surface area contributed by atoms with Crippen LogP contribution in [-0.4, -0.2) is 47.4 Å². The summed E-state index contributed by atoms with van der Waals surface area (Å²) in [5.41, 5.74) is 4.53. The number of halogens is 2. The van der Waals surface area contributed by atoms with E-state index in [1.54, 1.807) is 0 Å². The number of aryl methyl sites for hydroxylation is 2. The van der Waals surface area contributed by atoms with Gasteiger partial charge in [-0.25, -0.2) is 8.78 Å². The molecule has 3 fully saturated rings. The zero-order valence-electron chi connectivity index (χ0n) is 21.9. The van der Waals surface area contributed by atoms with Gasteiger partial charge in [-0.05, 0) is 80.9 Å². The molecule has 1 saturated carbocycles. The molecule has 198 valence electrons. The summed E-state index contributed by atoms with van der Waals surface area (Å²) >= 11 is 0. The molecule has 6 rings (SSSR count). The van der Waals surface area contributed by atoms with Crippen LogP contribution in [0.4, 0.5) is 8.78 Å². The number of hydrogen-bond donors (Lipinski definition) is 1. The highest BCUT2D eigenvalue weighted by Crippen LogP contribution is 2.48. The molecule has 0 radical (unpaired) electrons. The number of hydrogen-bond acceptors (Lipinski definition) is 3. The van der Waals surface area contributed by atoms with Crippen molar-refractivity contribution in [3.8, 4) is 0 Å². The summed E-state index contributed by atoms with van der Waals surface area (Å²) in [6.07, 6.45) is 5.71. The van der Waals surface area contributed by atoms with Crippen molar-refractivity contribution in [2.75, 3.05) is 19.6 Å². The van der Waals surface area contributed by atoms with Crippen molar-refractivity contribution >= 4 is 5.91 Å². The quantitative estimate of drug-likeness (QED) is 0.573. The molecule has 1 aromatic carbocycles. The Labute approximate surface area is 219 Å². The minimum Gasteiger partial charge on any atom is -0.339 e. The second kappa shape index (κ2) is 9.76. The molecule has 2 saturated heterocycles. The fourth-order valence-electron chi connectivity index (χ4n) is 7.98. The van der Waals surface area contributed by atoms with Crippen LogP contribution in [0.15, 0.2) is 42.5 Å². The number of fused-ring (bicyclic) bond motifs is 2. The molecular formula is C31H39F2N3O. The zero-order chi connectivity index (χ0) is 25.6. The third-order valence-electron chi connectivity index (χ3n) is 9.95. The van der Waals surface area contributed by atoms with E-state index in [9.17, 15) is 13.6 Å². The first kappa shape index (κ1) is 25.0. The van der Waals surface area contributed by atoms with E-state index in [0.29, 0.717) is 31.8 Å². The van der Waals surface area contributed by atoms with Crippen LogP contribution >= 0.6 is 0 Å². The van der Waals surface area contributed by atoms with E-state index in [0.717, 1.165) is 50.0 Å². The van der Waals surface area contributed by atoms with E-state index >= 15 is 0 Å². The summed E-state index contributed by atoms with van der Waals surface area (Å²) in [4.78, 5) is 21.5. The number of rotatable bonds is 3. The van der Waals surface area contributed by atoms with Gasteiger partial charge in [0.25, 0.3) is 0 Å². The Morgan fingerprint density at radius 1 is 1.05 bits per heavy atom. The lowest BCUT2D eigenvalue weighted by Crippen LogP contribution is -2.55. The smallest absolute Gasteiger partial charge is 0.248 e. The Morgan fingerprint density at radius 2 is 1.84 bits per heavy atom. The van der Waals surface area contributed by atoms with Crippen LogP contribution < -0.4 is 5.32 Å². The van der Waals surface area contributed by atoms with Gasteiger partial charge in [-0.3, -0.25) is 9.78 Å². The van der Waals surface area contributed by atoms with Gasteiger partial charge < -0.3 is 10.2 Å². The van der Waals surface area contributed by atoms with Gasteiger partial charge in [-0.2, -0.15) is 0 Å². The minimum atomic E-state index is -2.56. The lowest BCUT2D eigenvalue weighted by Gasteiger charge is -2.48. The number of alkyl halides is 2. The molecule has 1 spiro atoms. The third-order valence-corrected chi connectivity index (χ3v) is 9.95. The third kappa shape index (κ3) is 4.60. The van der Waals surface area contributed by atoms with Gasteiger partial charge in [0.1, 0.15) is 0 Å². The number of pyridine rings is 1. The Hall–Kier alpha value is -2.34. The molecule has 4 nitrogen and oxygen atoms in total. The Morgan fingerprint density at radius 3 is 2.62 bits per heavy atom. The molecule has 4 atom stereocenters. The second-order valence-electron chi connectivity index (χ2n) is 12.1. The van der Waals surface area contributed by atoms with Gasteiger partial charge in [0, 0.05) is 55.3 Å². The van der Waals surface area contributed by atoms with E-state index in [-0.39, 0.29) is 42.0 Å². The number of piperidine rings is 1. The highest BCUT2D eigenvalue weighted by atomic mass is 19.3. The fourth-order valence-corrected chi connectivity index (χ4v) is 7.98. The average Bonchev–Trinajstić information content (AvgIpc) is 3.32. The van der Waals surface area contributed by atoms with E-state index in [4.69, 9.17) is 4.98 Å². The molecule has 4 aliphatic rings. The van der Waals surface area contributed by atoms with E-state index in [2.05, 4.69) is 46.6 Å². The second-order valence-corrected chi connectivity index (χ2v) is 12.1. The standard InChI is InChI=1S/C31H39F2N3O/c1-21-9-10-25-27(35-21)8-5-14-30(25)20-34-19-26(30)29(37)36-17-13-24(22-6-3-2-4-7-22)18-28(36)23-11-15-31(32,33)16-12-23/h2-4,6-7,9-10,23-24,26,28,34H,5,8,11-20H2,1H3/t24-,26+,28+,30+/m1/s1. The molecule has 2 aliphatic heterocycles. The van der Waals surface area contributed by atoms with Crippen molar-refractivity contribution in [1.82, 2.24) is 15.2 Å². The molecular weight excluding hydrogens is 468 g/mol. The summed E-state index contributed by atoms with van der Waals surface area (Å²) in [5.74, 6) is -1.95. The lowest BCUT2D eigenvalue weighted by atomic mass is 9.64. The predicted molar refractivity (Wildman–Crippen MR) is 141 cm³/mol. The van der Waals surface area contributed by atoms with Crippen molar-refractivity contribution in [3.63, 3.8) is 0 Å². The molecule has 0 bridgehead atoms. The Balaban J connectivity index is 1.30. The van der Waals surface area contributed by atoms with Gasteiger partial charge in [0.15, 0.2) is 0 Å². The van der Waals surface area contributed by atoms with Crippen molar-refractivity contribution < 1.29 is 13.6 Å². The maximum absolute atomic E-state index is 14.5. The first-order valence-electron chi connectivity index (χ1n) is 14.3. The van der Waals surface area contributed by atoms with Crippen LogP contribution in [0, 0.1) is 18.8 Å². The van der Waals surface area contributed by atoms with Gasteiger partial charge in [-0.1, -0.05) is 36.4 Å². The highest BCUT2D eigenvalue weighted by Gasteiger charge is 2.53. The predicted octanol–water partition coefficient (Wildman–Crippen LogP) is 5.78. The van der Waals surface area contributed by atoms with Crippen LogP contribution in [0.5, 0.6) is 0 Å². The SMILES string of the molecule is Cc1ccc2c(n1)CCC[C@]21CNC[C@H]1C(=O)N1CC[C@@H](c2ccccc2)C[C@H]1C1CCC(F)(F)CC1. The summed E-state index contributed by atoms with van der Waals surface area (Å²) < 4.78 is 28.2. The molecule has 1 N–H and O–H groups in total. The molecule has 3 heterocycles. The van der Waals surface area contributed by atoms with E-state index < -0.39 is 5.92 Å². The van der Waals surface area contributed by atoms with Crippen LogP contribution in [-0.2, 0) is 16.6 Å². The van der Waals surface area contributed by atoms with Gasteiger partial charge >= 0.3 is 0 Å². The highest BCUT2D eigenvalue weighted by molar-refractivity contribution is 5.82. The average molecular weight is 508 g/mol. The number of amides is 1. The first-order valence-corrected chi connectivity index (χ1v) is 14.3. The number of carbonyl (C=O) groups is 1. The lowest BCUT2D eigenvalue weighted by molar-refractivity contribution is -0.144. The Kier molecular flexibility index (Phi) is 6.58. The largest absolute Gasteiger partial charge is 0.339 e. The van der Waals surface area contributed by atoms with Crippen LogP contribution in [0.25, 0.3) is 0 Å². The summed E-state index contributed by atoms with van der Waals surface area (Å²) in [6.45, 7) is 4.23. The number of nitrogens with zero attached hydrogens (tertiary/aromatic N) is 2. The molecule has 0 unspecified atom stereocenters. The molecule has 2 aromatic rings. The molecule has 2 aliphatic carbocycles. The number of aromatic nitrogens is 1. The van der Waals surface area contributed by atoms with Gasteiger partial charge in [0.05, 0.1) is 5.92 Å². The fraction of sp³-hybridized carbons (Fsp3) is 0.613. The van der Waals surface area contributed by atoms with Crippen molar-refractivity contribution in [2.24, 2.45) is 11.8 Å². The van der Waals surface area contributed by atoms with Crippen LogP contribution in [0.2, 0.25) is 0 Å². The topological polar surface area (TPSA) is 45.2 Å². The van der Waals surface area contributed by atoms with Crippen molar-refractivity contribution in [2.45, 2.75) is 88.0 Å². The van der Waals surface area contributed by atoms with Gasteiger partial charge in [-0.15, -0.1) is 0 Å². The monoisotopic (exact) mass is 507 g/mol. The van der Waals surface area contributed by atoms with Crippen molar-refractivity contribution in [1.29, 1.82) is 0 Å². The number of nitrogens with one attached hydrogen (secondary N) is 1. The first-order chi connectivity index (χ1) is 17.9. The maximum atomic E-state index is 14.5. The normalized spacial score (nSPS) is 31.9. The molecule has 37 heavy (non-hydrogen) atoms. The Bertz CT molecular complexity index is 1130. The van der Waals surface area contributed by atoms with E-state index in [1.165, 1.54) is 11.1 Å². The van der Waals surface area contributed by atoms with E-state index in [1.807, 2.05) is 13.0 Å². The molecule has 6 heteroatoms. The number of benzene rings is 1. The summed E-state index contributed by atoms with van der Waals surface area (Å²) in [5, 5.41) is 3.57. The number of carbonyl (C=O) groups excluding carboxylic acids is 1. The minimum absolute atomic E-state index is 0.0272. The van der Waals surface area contributed by atoms with Crippen LogP contribution in [0.3, 0.4) is 0 Å². The zero-order valence-corrected chi connectivity index (χ0v) is 21.9. The van der Waals surface area contributed by atoms with Crippen LogP contribution in [0.1, 0.15) is 79.8 Å². The van der Waals surface area contributed by atoms with Gasteiger partial charge in [0.2, 0.25) is 11.8 Å². The maximum Gasteiger partial charge on any atom is 0.248 e. The number of likely N-dealkylation sites (tertiary alicyclic amines) is 1. The molecule has 1 aromatic heterocycles.